The zero-order chi connectivity index (χ0) is 21.2. The minimum atomic E-state index is -0.389. The Morgan fingerprint density at radius 3 is 2.48 bits per heavy atom. The third-order valence-corrected chi connectivity index (χ3v) is 5.23. The molecule has 2 aromatic heterocycles. The average molecular weight is 406 g/mol. The predicted molar refractivity (Wildman–Crippen MR) is 122 cm³/mol. The lowest BCUT2D eigenvalue weighted by molar-refractivity contribution is 0.626. The van der Waals surface area contributed by atoms with Crippen LogP contribution in [0.25, 0.3) is 27.6 Å². The molecular weight excluding hydrogens is 387 g/mol. The van der Waals surface area contributed by atoms with Gasteiger partial charge in [-0.05, 0) is 48.9 Å². The van der Waals surface area contributed by atoms with Crippen LogP contribution in [0.3, 0.4) is 0 Å². The molecule has 5 rings (SSSR count). The van der Waals surface area contributed by atoms with Crippen molar-refractivity contribution in [1.29, 1.82) is 0 Å². The highest BCUT2D eigenvalue weighted by atomic mass is 19.1. The first-order valence-corrected chi connectivity index (χ1v) is 10.0. The first-order chi connectivity index (χ1) is 15.2. The SMILES string of the molecule is NCCc1ccc(-n2cnc3cnc4cc(F)c(C#Cc5ccccc5)cc4c32)cc1. The smallest absolute Gasteiger partial charge is 0.141 e. The molecule has 0 aliphatic carbocycles. The molecular formula is C26H19FN4. The van der Waals surface area contributed by atoms with Gasteiger partial charge >= 0.3 is 0 Å². The van der Waals surface area contributed by atoms with Gasteiger partial charge in [-0.3, -0.25) is 9.55 Å². The molecule has 0 bridgehead atoms. The van der Waals surface area contributed by atoms with Crippen molar-refractivity contribution >= 4 is 21.9 Å². The van der Waals surface area contributed by atoms with Crippen molar-refractivity contribution in [2.24, 2.45) is 5.73 Å². The molecule has 4 nitrogen and oxygen atoms in total. The van der Waals surface area contributed by atoms with Gasteiger partial charge < -0.3 is 5.73 Å². The van der Waals surface area contributed by atoms with Gasteiger partial charge in [0.15, 0.2) is 0 Å². The van der Waals surface area contributed by atoms with Gasteiger partial charge in [-0.25, -0.2) is 9.37 Å². The van der Waals surface area contributed by atoms with E-state index in [2.05, 4.69) is 33.9 Å². The molecule has 0 amide bonds. The van der Waals surface area contributed by atoms with Crippen molar-refractivity contribution in [3.05, 3.63) is 102 Å². The molecule has 0 saturated heterocycles. The highest BCUT2D eigenvalue weighted by molar-refractivity contribution is 6.03. The van der Waals surface area contributed by atoms with Crippen LogP contribution in [-0.4, -0.2) is 21.1 Å². The number of nitrogens with two attached hydrogens (primary N) is 1. The Hall–Kier alpha value is -4.01. The standard InChI is InChI=1S/C26H19FN4/c27-23-15-24-22(14-20(23)9-6-18-4-2-1-3-5-18)26-25(16-29-24)30-17-31(26)21-10-7-19(8-11-21)12-13-28/h1-5,7-8,10-11,14-17H,12-13,28H2. The van der Waals surface area contributed by atoms with Crippen LogP contribution < -0.4 is 5.73 Å². The van der Waals surface area contributed by atoms with Gasteiger partial charge in [0.2, 0.25) is 0 Å². The van der Waals surface area contributed by atoms with Crippen LogP contribution in [0, 0.1) is 17.7 Å². The van der Waals surface area contributed by atoms with Gasteiger partial charge in [-0.1, -0.05) is 42.2 Å². The fraction of sp³-hybridized carbons (Fsp3) is 0.0769. The van der Waals surface area contributed by atoms with Gasteiger partial charge in [0, 0.05) is 22.7 Å². The van der Waals surface area contributed by atoms with E-state index in [1.807, 2.05) is 47.0 Å². The summed E-state index contributed by atoms with van der Waals surface area (Å²) >= 11 is 0. The number of aromatic nitrogens is 3. The van der Waals surface area contributed by atoms with Crippen LogP contribution in [0.1, 0.15) is 16.7 Å². The van der Waals surface area contributed by atoms with Gasteiger partial charge in [0.1, 0.15) is 17.7 Å². The minimum Gasteiger partial charge on any atom is -0.330 e. The topological polar surface area (TPSA) is 56.7 Å². The normalized spacial score (nSPS) is 10.9. The van der Waals surface area contributed by atoms with E-state index in [0.717, 1.165) is 34.1 Å². The van der Waals surface area contributed by atoms with Crippen molar-refractivity contribution < 1.29 is 4.39 Å². The molecule has 3 aromatic carbocycles. The summed E-state index contributed by atoms with van der Waals surface area (Å²) in [5, 5.41) is 0.805. The highest BCUT2D eigenvalue weighted by Crippen LogP contribution is 2.28. The van der Waals surface area contributed by atoms with Gasteiger partial charge in [0.05, 0.1) is 22.8 Å². The Labute approximate surface area is 179 Å². The second kappa shape index (κ2) is 8.02. The number of nitrogens with zero attached hydrogens (tertiary/aromatic N) is 3. The first kappa shape index (κ1) is 19.0. The summed E-state index contributed by atoms with van der Waals surface area (Å²) in [6, 6.07) is 20.9. The Bertz CT molecular complexity index is 1440. The van der Waals surface area contributed by atoms with Crippen molar-refractivity contribution in [3.63, 3.8) is 0 Å². The number of pyridine rings is 1. The maximum atomic E-state index is 14.7. The van der Waals surface area contributed by atoms with E-state index in [1.54, 1.807) is 18.6 Å². The molecule has 5 aromatic rings. The summed E-state index contributed by atoms with van der Waals surface area (Å²) in [4.78, 5) is 8.90. The van der Waals surface area contributed by atoms with E-state index in [4.69, 9.17) is 5.73 Å². The summed E-state index contributed by atoms with van der Waals surface area (Å²) in [7, 11) is 0. The Morgan fingerprint density at radius 1 is 0.903 bits per heavy atom. The Morgan fingerprint density at radius 2 is 1.71 bits per heavy atom. The van der Waals surface area contributed by atoms with Crippen LogP contribution in [0.2, 0.25) is 0 Å². The molecule has 2 heterocycles. The Kier molecular flexibility index (Phi) is 4.91. The Balaban J connectivity index is 1.67. The fourth-order valence-electron chi connectivity index (χ4n) is 3.66. The molecule has 31 heavy (non-hydrogen) atoms. The molecule has 0 aliphatic rings. The van der Waals surface area contributed by atoms with Gasteiger partial charge in [-0.2, -0.15) is 0 Å². The molecule has 0 atom stereocenters. The lowest BCUT2D eigenvalue weighted by Crippen LogP contribution is -2.02. The molecule has 0 saturated carbocycles. The van der Waals surface area contributed by atoms with Crippen molar-refractivity contribution in [3.8, 4) is 17.5 Å². The monoisotopic (exact) mass is 406 g/mol. The fourth-order valence-corrected chi connectivity index (χ4v) is 3.66. The summed E-state index contributed by atoms with van der Waals surface area (Å²) in [6.07, 6.45) is 4.27. The quantitative estimate of drug-likeness (QED) is 0.445. The van der Waals surface area contributed by atoms with Crippen LogP contribution in [0.15, 0.2) is 79.3 Å². The molecule has 0 unspecified atom stereocenters. The number of imidazole rings is 1. The highest BCUT2D eigenvalue weighted by Gasteiger charge is 2.13. The van der Waals surface area contributed by atoms with Crippen LogP contribution in [0.5, 0.6) is 0 Å². The second-order valence-electron chi connectivity index (χ2n) is 7.28. The summed E-state index contributed by atoms with van der Waals surface area (Å²) in [5.41, 5.74) is 11.2. The predicted octanol–water partition coefficient (Wildman–Crippen LogP) is 4.61. The maximum absolute atomic E-state index is 14.7. The van der Waals surface area contributed by atoms with Crippen LogP contribution >= 0.6 is 0 Å². The summed E-state index contributed by atoms with van der Waals surface area (Å²) in [5.74, 6) is 5.61. The number of benzene rings is 3. The van der Waals surface area contributed by atoms with Crippen LogP contribution in [-0.2, 0) is 6.42 Å². The second-order valence-corrected chi connectivity index (χ2v) is 7.28. The summed E-state index contributed by atoms with van der Waals surface area (Å²) in [6.45, 7) is 0.613. The molecule has 0 radical (unpaired) electrons. The molecule has 2 N–H and O–H groups in total. The summed E-state index contributed by atoms with van der Waals surface area (Å²) < 4.78 is 16.7. The molecule has 0 fully saturated rings. The maximum Gasteiger partial charge on any atom is 0.141 e. The van der Waals surface area contributed by atoms with Crippen molar-refractivity contribution in [1.82, 2.24) is 14.5 Å². The third kappa shape index (κ3) is 3.65. The molecule has 0 aliphatic heterocycles. The lowest BCUT2D eigenvalue weighted by Gasteiger charge is -2.08. The molecule has 5 heteroatoms. The van der Waals surface area contributed by atoms with Gasteiger partial charge in [-0.15, -0.1) is 0 Å². The van der Waals surface area contributed by atoms with E-state index in [1.165, 1.54) is 11.6 Å². The zero-order valence-electron chi connectivity index (χ0n) is 16.7. The number of halogens is 1. The van der Waals surface area contributed by atoms with Gasteiger partial charge in [0.25, 0.3) is 0 Å². The van der Waals surface area contributed by atoms with E-state index in [0.29, 0.717) is 17.6 Å². The van der Waals surface area contributed by atoms with Crippen LogP contribution in [0.4, 0.5) is 4.39 Å². The first-order valence-electron chi connectivity index (χ1n) is 10.0. The van der Waals surface area contributed by atoms with E-state index in [9.17, 15) is 4.39 Å². The average Bonchev–Trinajstić information content (AvgIpc) is 3.24. The number of hydrogen-bond donors (Lipinski definition) is 1. The third-order valence-electron chi connectivity index (χ3n) is 5.23. The number of rotatable bonds is 3. The molecule has 0 spiro atoms. The molecule has 150 valence electrons. The van der Waals surface area contributed by atoms with E-state index in [-0.39, 0.29) is 5.82 Å². The van der Waals surface area contributed by atoms with Crippen molar-refractivity contribution in [2.75, 3.05) is 6.54 Å². The minimum absolute atomic E-state index is 0.330. The van der Waals surface area contributed by atoms with E-state index < -0.39 is 0 Å². The van der Waals surface area contributed by atoms with E-state index >= 15 is 0 Å². The largest absolute Gasteiger partial charge is 0.330 e. The van der Waals surface area contributed by atoms with Crippen molar-refractivity contribution in [2.45, 2.75) is 6.42 Å². The number of hydrogen-bond acceptors (Lipinski definition) is 3. The number of fused-ring (bicyclic) bond motifs is 3. The lowest BCUT2D eigenvalue weighted by atomic mass is 10.1. The zero-order valence-corrected chi connectivity index (χ0v) is 16.7.